The maximum atomic E-state index is 13.6. The van der Waals surface area contributed by atoms with Crippen molar-refractivity contribution in [2.75, 3.05) is 14.2 Å². The maximum absolute atomic E-state index is 13.6. The largest absolute Gasteiger partial charge is 0.497 e. The topological polar surface area (TPSA) is 66.8 Å². The van der Waals surface area contributed by atoms with Gasteiger partial charge < -0.3 is 18.8 Å². The number of hydrogen-bond acceptors (Lipinski definition) is 5. The van der Waals surface area contributed by atoms with Gasteiger partial charge in [-0.25, -0.2) is 0 Å². The SMILES string of the molecule is CCCC(=O)Oc1cn(-c2ccccc2C(=O)c2ccc(OC)cc2OC)c2ccccc12. The molecule has 0 saturated carbocycles. The molecule has 1 heterocycles. The van der Waals surface area contributed by atoms with Crippen molar-refractivity contribution in [2.45, 2.75) is 19.8 Å². The third kappa shape index (κ3) is 4.32. The molecule has 0 atom stereocenters. The van der Waals surface area contributed by atoms with Gasteiger partial charge in [-0.3, -0.25) is 9.59 Å². The summed E-state index contributed by atoms with van der Waals surface area (Å²) in [6, 6.07) is 20.1. The van der Waals surface area contributed by atoms with Crippen molar-refractivity contribution in [1.29, 1.82) is 0 Å². The molecule has 0 aliphatic heterocycles. The molecule has 0 bridgehead atoms. The van der Waals surface area contributed by atoms with Crippen LogP contribution in [0.1, 0.15) is 35.7 Å². The fraction of sp³-hybridized carbons (Fsp3) is 0.185. The Morgan fingerprint density at radius 3 is 2.36 bits per heavy atom. The Morgan fingerprint density at radius 1 is 0.848 bits per heavy atom. The van der Waals surface area contributed by atoms with Crippen LogP contribution in [0.4, 0.5) is 0 Å². The Balaban J connectivity index is 1.83. The van der Waals surface area contributed by atoms with E-state index >= 15 is 0 Å². The highest BCUT2D eigenvalue weighted by atomic mass is 16.5. The number of hydrogen-bond donors (Lipinski definition) is 0. The van der Waals surface area contributed by atoms with Gasteiger partial charge in [-0.05, 0) is 42.8 Å². The van der Waals surface area contributed by atoms with Crippen molar-refractivity contribution >= 4 is 22.7 Å². The van der Waals surface area contributed by atoms with E-state index < -0.39 is 0 Å². The molecule has 0 amide bonds. The average molecular weight is 443 g/mol. The van der Waals surface area contributed by atoms with Gasteiger partial charge in [-0.2, -0.15) is 0 Å². The summed E-state index contributed by atoms with van der Waals surface area (Å²) in [5.74, 6) is 1.03. The molecule has 6 heteroatoms. The van der Waals surface area contributed by atoms with Gasteiger partial charge in [-0.15, -0.1) is 0 Å². The predicted molar refractivity (Wildman–Crippen MR) is 127 cm³/mol. The van der Waals surface area contributed by atoms with Crippen LogP contribution in [0.3, 0.4) is 0 Å². The number of benzene rings is 3. The Hall–Kier alpha value is -4.06. The first-order chi connectivity index (χ1) is 16.1. The Bertz CT molecular complexity index is 1320. The molecule has 0 aliphatic rings. The second-order valence-corrected chi connectivity index (χ2v) is 7.52. The number of aromatic nitrogens is 1. The van der Waals surface area contributed by atoms with Gasteiger partial charge in [-0.1, -0.05) is 31.2 Å². The number of nitrogens with zero attached hydrogens (tertiary/aromatic N) is 1. The van der Waals surface area contributed by atoms with E-state index in [2.05, 4.69) is 0 Å². The fourth-order valence-electron chi connectivity index (χ4n) is 3.81. The summed E-state index contributed by atoms with van der Waals surface area (Å²) in [6.07, 6.45) is 2.81. The van der Waals surface area contributed by atoms with Gasteiger partial charge in [0.2, 0.25) is 0 Å². The quantitative estimate of drug-likeness (QED) is 0.263. The van der Waals surface area contributed by atoms with Gasteiger partial charge >= 0.3 is 5.97 Å². The standard InChI is InChI=1S/C27H25NO5/c1-4-9-26(29)33-25-17-28(22-12-7-5-10-19(22)25)23-13-8-6-11-20(23)27(30)21-15-14-18(31-2)16-24(21)32-3/h5-8,10-17H,4,9H2,1-3H3. The summed E-state index contributed by atoms with van der Waals surface area (Å²) < 4.78 is 18.2. The highest BCUT2D eigenvalue weighted by Gasteiger charge is 2.21. The first-order valence-corrected chi connectivity index (χ1v) is 10.7. The van der Waals surface area contributed by atoms with E-state index in [0.29, 0.717) is 46.9 Å². The lowest BCUT2D eigenvalue weighted by Gasteiger charge is -2.13. The van der Waals surface area contributed by atoms with E-state index in [1.807, 2.05) is 54.0 Å². The van der Waals surface area contributed by atoms with Crippen molar-refractivity contribution in [3.8, 4) is 22.9 Å². The molecule has 0 fully saturated rings. The van der Waals surface area contributed by atoms with Crippen LogP contribution in [0.25, 0.3) is 16.6 Å². The predicted octanol–water partition coefficient (Wildman–Crippen LogP) is 5.58. The summed E-state index contributed by atoms with van der Waals surface area (Å²) in [5, 5.41) is 0.797. The maximum Gasteiger partial charge on any atom is 0.311 e. The fourth-order valence-corrected chi connectivity index (χ4v) is 3.81. The van der Waals surface area contributed by atoms with E-state index in [0.717, 1.165) is 10.9 Å². The molecule has 0 radical (unpaired) electrons. The van der Waals surface area contributed by atoms with Crippen molar-refractivity contribution in [3.05, 3.63) is 84.1 Å². The summed E-state index contributed by atoms with van der Waals surface area (Å²) >= 11 is 0. The highest BCUT2D eigenvalue weighted by Crippen LogP contribution is 2.34. The molecule has 0 spiro atoms. The first kappa shape index (κ1) is 22.1. The zero-order valence-electron chi connectivity index (χ0n) is 18.8. The summed E-state index contributed by atoms with van der Waals surface area (Å²) in [5.41, 5.74) is 2.43. The van der Waals surface area contributed by atoms with Crippen LogP contribution in [-0.2, 0) is 4.79 Å². The number of para-hydroxylation sites is 2. The Morgan fingerprint density at radius 2 is 1.61 bits per heavy atom. The number of rotatable bonds is 8. The number of methoxy groups -OCH3 is 2. The van der Waals surface area contributed by atoms with Crippen molar-refractivity contribution < 1.29 is 23.8 Å². The zero-order valence-corrected chi connectivity index (χ0v) is 18.8. The van der Waals surface area contributed by atoms with Crippen LogP contribution in [0.5, 0.6) is 17.2 Å². The normalized spacial score (nSPS) is 10.8. The van der Waals surface area contributed by atoms with E-state index in [-0.39, 0.29) is 11.8 Å². The van der Waals surface area contributed by atoms with E-state index in [1.54, 1.807) is 37.6 Å². The number of carbonyl (C=O) groups excluding carboxylic acids is 2. The molecule has 6 nitrogen and oxygen atoms in total. The van der Waals surface area contributed by atoms with Gasteiger partial charge in [0.05, 0.1) is 37.2 Å². The molecular weight excluding hydrogens is 418 g/mol. The second kappa shape index (κ2) is 9.61. The Labute approximate surface area is 192 Å². The molecule has 0 N–H and O–H groups in total. The average Bonchev–Trinajstić information content (AvgIpc) is 3.21. The second-order valence-electron chi connectivity index (χ2n) is 7.52. The third-order valence-electron chi connectivity index (χ3n) is 5.41. The van der Waals surface area contributed by atoms with Crippen molar-refractivity contribution in [2.24, 2.45) is 0 Å². The van der Waals surface area contributed by atoms with Crippen LogP contribution in [0.2, 0.25) is 0 Å². The van der Waals surface area contributed by atoms with Gasteiger partial charge in [0.1, 0.15) is 11.5 Å². The number of carbonyl (C=O) groups is 2. The zero-order chi connectivity index (χ0) is 23.4. The smallest absolute Gasteiger partial charge is 0.311 e. The number of esters is 1. The molecule has 0 aliphatic carbocycles. The van der Waals surface area contributed by atoms with Crippen LogP contribution in [0.15, 0.2) is 72.9 Å². The molecule has 1 aromatic heterocycles. The molecule has 4 rings (SSSR count). The molecule has 0 unspecified atom stereocenters. The lowest BCUT2D eigenvalue weighted by atomic mass is 10.0. The molecule has 0 saturated heterocycles. The molecular formula is C27H25NO5. The first-order valence-electron chi connectivity index (χ1n) is 10.7. The van der Waals surface area contributed by atoms with E-state index in [1.165, 1.54) is 7.11 Å². The molecule has 4 aromatic rings. The number of fused-ring (bicyclic) bond motifs is 1. The summed E-state index contributed by atoms with van der Waals surface area (Å²) in [6.45, 7) is 1.93. The van der Waals surface area contributed by atoms with Crippen LogP contribution >= 0.6 is 0 Å². The minimum Gasteiger partial charge on any atom is -0.497 e. The lowest BCUT2D eigenvalue weighted by Crippen LogP contribution is -2.09. The minimum atomic E-state index is -0.285. The number of ether oxygens (including phenoxy) is 3. The highest BCUT2D eigenvalue weighted by molar-refractivity contribution is 6.13. The van der Waals surface area contributed by atoms with Crippen LogP contribution < -0.4 is 14.2 Å². The lowest BCUT2D eigenvalue weighted by molar-refractivity contribution is -0.134. The molecule has 3 aromatic carbocycles. The molecule has 33 heavy (non-hydrogen) atoms. The number of ketones is 1. The van der Waals surface area contributed by atoms with Gasteiger partial charge in [0.25, 0.3) is 0 Å². The van der Waals surface area contributed by atoms with Gasteiger partial charge in [0.15, 0.2) is 11.5 Å². The van der Waals surface area contributed by atoms with E-state index in [9.17, 15) is 9.59 Å². The van der Waals surface area contributed by atoms with Gasteiger partial charge in [0, 0.05) is 23.4 Å². The Kier molecular flexibility index (Phi) is 6.45. The van der Waals surface area contributed by atoms with Crippen molar-refractivity contribution in [1.82, 2.24) is 4.57 Å². The van der Waals surface area contributed by atoms with Crippen LogP contribution in [-0.4, -0.2) is 30.5 Å². The molecule has 168 valence electrons. The third-order valence-corrected chi connectivity index (χ3v) is 5.41. The van der Waals surface area contributed by atoms with Crippen LogP contribution in [0, 0.1) is 0 Å². The monoisotopic (exact) mass is 443 g/mol. The summed E-state index contributed by atoms with van der Waals surface area (Å²) in [4.78, 5) is 25.8. The van der Waals surface area contributed by atoms with E-state index in [4.69, 9.17) is 14.2 Å². The summed E-state index contributed by atoms with van der Waals surface area (Å²) in [7, 11) is 3.08. The minimum absolute atomic E-state index is 0.188. The van der Waals surface area contributed by atoms with Crippen molar-refractivity contribution in [3.63, 3.8) is 0 Å².